The molecular weight excluding hydrogens is 404 g/mol. The van der Waals surface area contributed by atoms with Gasteiger partial charge in [0.1, 0.15) is 5.00 Å². The van der Waals surface area contributed by atoms with Crippen molar-refractivity contribution in [3.05, 3.63) is 107 Å². The van der Waals surface area contributed by atoms with E-state index in [-0.39, 0.29) is 5.91 Å². The molecule has 0 aliphatic heterocycles. The molecule has 0 saturated carbocycles. The van der Waals surface area contributed by atoms with Gasteiger partial charge in [-0.1, -0.05) is 102 Å². The van der Waals surface area contributed by atoms with Crippen molar-refractivity contribution in [2.24, 2.45) is 10.2 Å². The molecule has 1 N–H and O–H groups in total. The standard InChI is InChI=1S/C25H22N4OS/c1-19(30)27-24-23(22-15-9-4-10-16-22)29(18-21-13-7-3-8-14-21)25(31-24)28-26-17-20-11-5-2-6-12-20/h2-17H,18H2,1H3,(H,27,30)/b26-17-,28-25+. The van der Waals surface area contributed by atoms with Crippen molar-refractivity contribution in [2.45, 2.75) is 13.5 Å². The van der Waals surface area contributed by atoms with Gasteiger partial charge in [0, 0.05) is 12.5 Å². The van der Waals surface area contributed by atoms with Crippen LogP contribution in [0.2, 0.25) is 0 Å². The van der Waals surface area contributed by atoms with Gasteiger partial charge >= 0.3 is 0 Å². The van der Waals surface area contributed by atoms with Crippen LogP contribution in [0.1, 0.15) is 18.1 Å². The molecule has 4 aromatic rings. The molecule has 1 amide bonds. The molecule has 0 saturated heterocycles. The first-order chi connectivity index (χ1) is 15.2. The van der Waals surface area contributed by atoms with E-state index in [2.05, 4.69) is 32.2 Å². The van der Waals surface area contributed by atoms with E-state index in [1.807, 2.05) is 78.9 Å². The van der Waals surface area contributed by atoms with Crippen molar-refractivity contribution in [3.63, 3.8) is 0 Å². The molecule has 0 aliphatic carbocycles. The maximum Gasteiger partial charge on any atom is 0.221 e. The lowest BCUT2D eigenvalue weighted by atomic mass is 10.1. The molecule has 5 nitrogen and oxygen atoms in total. The van der Waals surface area contributed by atoms with Crippen LogP contribution in [0.5, 0.6) is 0 Å². The summed E-state index contributed by atoms with van der Waals surface area (Å²) in [5.74, 6) is -0.121. The number of amides is 1. The van der Waals surface area contributed by atoms with E-state index in [4.69, 9.17) is 0 Å². The molecule has 3 aromatic carbocycles. The van der Waals surface area contributed by atoms with Gasteiger partial charge in [0.05, 0.1) is 18.5 Å². The smallest absolute Gasteiger partial charge is 0.221 e. The summed E-state index contributed by atoms with van der Waals surface area (Å²) in [5.41, 5.74) is 4.04. The van der Waals surface area contributed by atoms with Crippen LogP contribution in [-0.4, -0.2) is 16.7 Å². The van der Waals surface area contributed by atoms with Crippen molar-refractivity contribution in [2.75, 3.05) is 5.32 Å². The van der Waals surface area contributed by atoms with Gasteiger partial charge in [0.2, 0.25) is 10.7 Å². The fraction of sp³-hybridized carbons (Fsp3) is 0.0800. The molecule has 1 heterocycles. The molecular formula is C25H22N4OS. The second-order valence-electron chi connectivity index (χ2n) is 6.94. The van der Waals surface area contributed by atoms with Gasteiger partial charge in [0.25, 0.3) is 0 Å². The van der Waals surface area contributed by atoms with Crippen LogP contribution in [0.3, 0.4) is 0 Å². The molecule has 0 radical (unpaired) electrons. The zero-order valence-corrected chi connectivity index (χ0v) is 17.9. The number of benzene rings is 3. The molecule has 0 fully saturated rings. The Kier molecular flexibility index (Phi) is 6.50. The summed E-state index contributed by atoms with van der Waals surface area (Å²) in [6.45, 7) is 2.13. The molecule has 0 bridgehead atoms. The van der Waals surface area contributed by atoms with Gasteiger partial charge in [-0.15, -0.1) is 5.10 Å². The zero-order chi connectivity index (χ0) is 21.5. The van der Waals surface area contributed by atoms with Crippen LogP contribution in [0, 0.1) is 0 Å². The second-order valence-corrected chi connectivity index (χ2v) is 7.91. The third-order valence-electron chi connectivity index (χ3n) is 4.58. The Labute approximate surface area is 185 Å². The highest BCUT2D eigenvalue weighted by Crippen LogP contribution is 2.31. The lowest BCUT2D eigenvalue weighted by Crippen LogP contribution is -2.17. The Morgan fingerprint density at radius 2 is 1.55 bits per heavy atom. The van der Waals surface area contributed by atoms with Crippen LogP contribution in [0.15, 0.2) is 101 Å². The number of rotatable bonds is 6. The topological polar surface area (TPSA) is 58.8 Å². The van der Waals surface area contributed by atoms with Crippen molar-refractivity contribution in [1.82, 2.24) is 4.57 Å². The minimum Gasteiger partial charge on any atom is -0.316 e. The number of aromatic nitrogens is 1. The summed E-state index contributed by atoms with van der Waals surface area (Å²) >= 11 is 1.41. The average molecular weight is 427 g/mol. The lowest BCUT2D eigenvalue weighted by molar-refractivity contribution is -0.114. The summed E-state index contributed by atoms with van der Waals surface area (Å²) in [5, 5.41) is 12.6. The summed E-state index contributed by atoms with van der Waals surface area (Å²) in [7, 11) is 0. The van der Waals surface area contributed by atoms with Gasteiger partial charge in [-0.2, -0.15) is 5.10 Å². The quantitative estimate of drug-likeness (QED) is 0.336. The van der Waals surface area contributed by atoms with Gasteiger partial charge in [0.15, 0.2) is 0 Å². The van der Waals surface area contributed by atoms with Gasteiger partial charge in [-0.25, -0.2) is 0 Å². The molecule has 0 unspecified atom stereocenters. The normalized spacial score (nSPS) is 11.7. The fourth-order valence-corrected chi connectivity index (χ4v) is 4.27. The Morgan fingerprint density at radius 1 is 0.935 bits per heavy atom. The molecule has 31 heavy (non-hydrogen) atoms. The van der Waals surface area contributed by atoms with E-state index >= 15 is 0 Å². The minimum absolute atomic E-state index is 0.121. The van der Waals surface area contributed by atoms with E-state index in [9.17, 15) is 4.79 Å². The average Bonchev–Trinajstić information content (AvgIpc) is 3.11. The molecule has 0 atom stereocenters. The third kappa shape index (κ3) is 5.24. The first-order valence-electron chi connectivity index (χ1n) is 9.93. The highest BCUT2D eigenvalue weighted by molar-refractivity contribution is 7.14. The van der Waals surface area contributed by atoms with E-state index in [0.717, 1.165) is 27.4 Å². The van der Waals surface area contributed by atoms with Crippen molar-refractivity contribution >= 4 is 28.5 Å². The summed E-state index contributed by atoms with van der Waals surface area (Å²) < 4.78 is 2.10. The van der Waals surface area contributed by atoms with Crippen LogP contribution in [0.25, 0.3) is 11.3 Å². The number of thiazole rings is 1. The van der Waals surface area contributed by atoms with Crippen LogP contribution < -0.4 is 10.1 Å². The minimum atomic E-state index is -0.121. The number of anilines is 1. The molecule has 1 aromatic heterocycles. The Hall–Kier alpha value is -3.77. The fourth-order valence-electron chi connectivity index (χ4n) is 3.21. The van der Waals surface area contributed by atoms with Gasteiger partial charge in [-0.3, -0.25) is 4.79 Å². The number of carbonyl (C=O) groups is 1. The Balaban J connectivity index is 1.86. The first kappa shape index (κ1) is 20.5. The van der Waals surface area contributed by atoms with Gasteiger partial charge < -0.3 is 9.88 Å². The highest BCUT2D eigenvalue weighted by Gasteiger charge is 2.17. The highest BCUT2D eigenvalue weighted by atomic mass is 32.1. The molecule has 0 spiro atoms. The maximum atomic E-state index is 11.9. The number of carbonyl (C=O) groups excluding carboxylic acids is 1. The van der Waals surface area contributed by atoms with Crippen molar-refractivity contribution in [1.29, 1.82) is 0 Å². The van der Waals surface area contributed by atoms with Crippen molar-refractivity contribution < 1.29 is 4.79 Å². The number of nitrogens with one attached hydrogen (secondary N) is 1. The van der Waals surface area contributed by atoms with E-state index in [0.29, 0.717) is 11.3 Å². The van der Waals surface area contributed by atoms with Crippen molar-refractivity contribution in [3.8, 4) is 11.3 Å². The monoisotopic (exact) mass is 426 g/mol. The first-order valence-corrected chi connectivity index (χ1v) is 10.7. The van der Waals surface area contributed by atoms with Crippen LogP contribution in [0.4, 0.5) is 5.00 Å². The Bertz CT molecular complexity index is 1240. The predicted octanol–water partition coefficient (Wildman–Crippen LogP) is 5.16. The molecule has 154 valence electrons. The lowest BCUT2D eigenvalue weighted by Gasteiger charge is -2.11. The van der Waals surface area contributed by atoms with Crippen LogP contribution >= 0.6 is 11.3 Å². The van der Waals surface area contributed by atoms with Crippen LogP contribution in [-0.2, 0) is 11.3 Å². The molecule has 6 heteroatoms. The molecule has 4 rings (SSSR count). The second kappa shape index (κ2) is 9.82. The summed E-state index contributed by atoms with van der Waals surface area (Å²) in [6, 6.07) is 30.1. The zero-order valence-electron chi connectivity index (χ0n) is 17.1. The molecule has 0 aliphatic rings. The maximum absolute atomic E-state index is 11.9. The number of nitrogens with zero attached hydrogens (tertiary/aromatic N) is 3. The third-order valence-corrected chi connectivity index (χ3v) is 5.56. The summed E-state index contributed by atoms with van der Waals surface area (Å²) in [4.78, 5) is 12.6. The SMILES string of the molecule is CC(=O)Nc1s/c(=N/N=C\c2ccccc2)n(Cc2ccccc2)c1-c1ccccc1. The number of hydrogen-bond donors (Lipinski definition) is 1. The van der Waals surface area contributed by atoms with E-state index in [1.54, 1.807) is 6.21 Å². The van der Waals surface area contributed by atoms with Gasteiger partial charge in [-0.05, 0) is 11.1 Å². The van der Waals surface area contributed by atoms with E-state index < -0.39 is 0 Å². The predicted molar refractivity (Wildman–Crippen MR) is 127 cm³/mol. The summed E-state index contributed by atoms with van der Waals surface area (Å²) in [6.07, 6.45) is 1.73. The van der Waals surface area contributed by atoms with E-state index in [1.165, 1.54) is 18.3 Å². The Morgan fingerprint density at radius 3 is 2.19 bits per heavy atom. The largest absolute Gasteiger partial charge is 0.316 e. The number of hydrogen-bond acceptors (Lipinski definition) is 4.